The van der Waals surface area contributed by atoms with Crippen LogP contribution in [0.2, 0.25) is 0 Å². The van der Waals surface area contributed by atoms with Crippen molar-refractivity contribution in [3.8, 4) is 5.75 Å². The summed E-state index contributed by atoms with van der Waals surface area (Å²) < 4.78 is 11.0. The van der Waals surface area contributed by atoms with Gasteiger partial charge < -0.3 is 34.8 Å². The van der Waals surface area contributed by atoms with Gasteiger partial charge in [0.1, 0.15) is 17.5 Å². The second-order valence-corrected chi connectivity index (χ2v) is 10.3. The summed E-state index contributed by atoms with van der Waals surface area (Å²) in [6.45, 7) is 4.22. The number of pyridine rings is 1. The van der Waals surface area contributed by atoms with Crippen molar-refractivity contribution in [2.75, 3.05) is 32.8 Å². The third-order valence-electron chi connectivity index (χ3n) is 7.50. The number of piperazine rings is 1. The summed E-state index contributed by atoms with van der Waals surface area (Å²) in [6.07, 6.45) is 0.705. The summed E-state index contributed by atoms with van der Waals surface area (Å²) in [7, 11) is 0. The molecule has 2 atom stereocenters. The minimum atomic E-state index is -1.39. The summed E-state index contributed by atoms with van der Waals surface area (Å²) >= 11 is 0. The van der Waals surface area contributed by atoms with Gasteiger partial charge in [-0.15, -0.1) is 0 Å². The number of amides is 3. The molecule has 4 rings (SSSR count). The highest BCUT2D eigenvalue weighted by Crippen LogP contribution is 2.39. The lowest BCUT2D eigenvalue weighted by atomic mass is 9.80. The number of hydrogen-bond donors (Lipinski definition) is 3. The van der Waals surface area contributed by atoms with Gasteiger partial charge in [-0.3, -0.25) is 14.4 Å². The lowest BCUT2D eigenvalue weighted by Crippen LogP contribution is -2.56. The second kappa shape index (κ2) is 12.4. The minimum absolute atomic E-state index is 0.105. The van der Waals surface area contributed by atoms with Gasteiger partial charge in [-0.05, 0) is 44.7 Å². The zero-order valence-corrected chi connectivity index (χ0v) is 23.0. The number of aliphatic carboxylic acids is 2. The van der Waals surface area contributed by atoms with Crippen molar-refractivity contribution in [1.29, 1.82) is 0 Å². The topological polar surface area (TPSA) is 176 Å². The largest absolute Gasteiger partial charge is 0.481 e. The maximum Gasteiger partial charge on any atom is 0.409 e. The molecule has 1 aromatic carbocycles. The van der Waals surface area contributed by atoms with E-state index in [-0.39, 0.29) is 50.7 Å². The molecule has 2 heterocycles. The standard InChI is InChI=1S/C28H34N4O9/c1-3-40-27(39)32-13-11-31(12-14-32)24(34)21(15-17(2)25(35)36)30-23(33)20-16-22(18-7-4-5-8-19(18)29-20)41-28(26(37)38)9-6-10-28/h4-5,7-8,16-17,21H,3,6,9-15H2,1-2H3,(H,30,33)(H,35,36)(H,37,38). The van der Waals surface area contributed by atoms with Gasteiger partial charge in [-0.25, -0.2) is 14.6 Å². The summed E-state index contributed by atoms with van der Waals surface area (Å²) in [5.41, 5.74) is -1.10. The molecule has 1 saturated heterocycles. The van der Waals surface area contributed by atoms with Crippen molar-refractivity contribution < 1.29 is 43.7 Å². The van der Waals surface area contributed by atoms with Crippen molar-refractivity contribution in [3.63, 3.8) is 0 Å². The van der Waals surface area contributed by atoms with Gasteiger partial charge >= 0.3 is 18.0 Å². The molecule has 2 aliphatic rings. The Balaban J connectivity index is 1.56. The molecule has 2 fully saturated rings. The van der Waals surface area contributed by atoms with Crippen LogP contribution in [0, 0.1) is 5.92 Å². The number of fused-ring (bicyclic) bond motifs is 1. The highest BCUT2D eigenvalue weighted by molar-refractivity contribution is 5.99. The third kappa shape index (κ3) is 6.50. The molecule has 2 aromatic rings. The minimum Gasteiger partial charge on any atom is -0.481 e. The average molecular weight is 571 g/mol. The average Bonchev–Trinajstić information content (AvgIpc) is 2.93. The van der Waals surface area contributed by atoms with Gasteiger partial charge in [0.2, 0.25) is 11.5 Å². The Kier molecular flexibility index (Phi) is 8.94. The van der Waals surface area contributed by atoms with Gasteiger partial charge in [0.05, 0.1) is 18.0 Å². The number of hydrogen-bond acceptors (Lipinski definition) is 8. The Bertz CT molecular complexity index is 1340. The molecular weight excluding hydrogens is 536 g/mol. The number of rotatable bonds is 10. The van der Waals surface area contributed by atoms with E-state index in [1.54, 1.807) is 31.2 Å². The van der Waals surface area contributed by atoms with Crippen LogP contribution in [0.3, 0.4) is 0 Å². The molecule has 1 aliphatic carbocycles. The number of para-hydroxylation sites is 1. The summed E-state index contributed by atoms with van der Waals surface area (Å²) in [4.78, 5) is 69.9. The predicted octanol–water partition coefficient (Wildman–Crippen LogP) is 2.13. The van der Waals surface area contributed by atoms with E-state index >= 15 is 0 Å². The molecule has 1 aliphatic heterocycles. The summed E-state index contributed by atoms with van der Waals surface area (Å²) in [5.74, 6) is -4.19. The first-order chi connectivity index (χ1) is 19.5. The zero-order valence-electron chi connectivity index (χ0n) is 23.0. The fourth-order valence-electron chi connectivity index (χ4n) is 4.86. The number of carbonyl (C=O) groups excluding carboxylic acids is 3. The van der Waals surface area contributed by atoms with Crippen LogP contribution >= 0.6 is 0 Å². The number of aromatic nitrogens is 1. The van der Waals surface area contributed by atoms with Gasteiger partial charge in [-0.1, -0.05) is 19.1 Å². The van der Waals surface area contributed by atoms with Gasteiger partial charge in [0.25, 0.3) is 5.91 Å². The lowest BCUT2D eigenvalue weighted by molar-refractivity contribution is -0.163. The van der Waals surface area contributed by atoms with Crippen molar-refractivity contribution in [1.82, 2.24) is 20.1 Å². The Morgan fingerprint density at radius 1 is 1.05 bits per heavy atom. The normalized spacial score (nSPS) is 17.6. The molecule has 13 nitrogen and oxygen atoms in total. The maximum atomic E-state index is 13.5. The van der Waals surface area contributed by atoms with Crippen LogP contribution in [0.5, 0.6) is 5.75 Å². The van der Waals surface area contributed by atoms with Crippen LogP contribution in [-0.4, -0.2) is 99.3 Å². The summed E-state index contributed by atoms with van der Waals surface area (Å²) in [6, 6.07) is 7.00. The molecule has 3 N–H and O–H groups in total. The molecule has 13 heteroatoms. The molecule has 3 amide bonds. The first-order valence-electron chi connectivity index (χ1n) is 13.6. The van der Waals surface area contributed by atoms with E-state index in [1.807, 2.05) is 0 Å². The number of benzene rings is 1. The summed E-state index contributed by atoms with van der Waals surface area (Å²) in [5, 5.41) is 22.4. The number of nitrogens with one attached hydrogen (secondary N) is 1. The van der Waals surface area contributed by atoms with Gasteiger partial charge in [-0.2, -0.15) is 0 Å². The molecule has 220 valence electrons. The van der Waals surface area contributed by atoms with E-state index in [1.165, 1.54) is 22.8 Å². The molecule has 1 aromatic heterocycles. The van der Waals surface area contributed by atoms with Crippen molar-refractivity contribution in [2.24, 2.45) is 5.92 Å². The fourth-order valence-corrected chi connectivity index (χ4v) is 4.86. The fraction of sp³-hybridized carbons (Fsp3) is 0.500. The molecule has 0 bridgehead atoms. The zero-order chi connectivity index (χ0) is 29.7. The van der Waals surface area contributed by atoms with E-state index in [9.17, 15) is 34.2 Å². The van der Waals surface area contributed by atoms with Crippen LogP contribution in [0.15, 0.2) is 30.3 Å². The number of nitrogens with zero attached hydrogens (tertiary/aromatic N) is 3. The molecular formula is C28H34N4O9. The van der Waals surface area contributed by atoms with Crippen molar-refractivity contribution in [2.45, 2.75) is 51.2 Å². The van der Waals surface area contributed by atoms with Crippen molar-refractivity contribution >= 4 is 40.7 Å². The second-order valence-electron chi connectivity index (χ2n) is 10.3. The number of carboxylic acids is 2. The van der Waals surface area contributed by atoms with E-state index < -0.39 is 47.4 Å². The quantitative estimate of drug-likeness (QED) is 0.384. The van der Waals surface area contributed by atoms with Crippen LogP contribution in [0.25, 0.3) is 10.9 Å². The van der Waals surface area contributed by atoms with E-state index in [0.717, 1.165) is 0 Å². The third-order valence-corrected chi connectivity index (χ3v) is 7.50. The Labute approximate surface area is 236 Å². The molecule has 1 saturated carbocycles. The van der Waals surface area contributed by atoms with Crippen LogP contribution in [0.1, 0.15) is 50.0 Å². The van der Waals surface area contributed by atoms with Crippen LogP contribution in [-0.2, 0) is 19.1 Å². The molecule has 0 spiro atoms. The maximum absolute atomic E-state index is 13.5. The highest BCUT2D eigenvalue weighted by atomic mass is 16.6. The molecule has 41 heavy (non-hydrogen) atoms. The van der Waals surface area contributed by atoms with E-state index in [0.29, 0.717) is 30.2 Å². The lowest BCUT2D eigenvalue weighted by Gasteiger charge is -2.38. The Morgan fingerprint density at radius 3 is 2.29 bits per heavy atom. The Hall–Kier alpha value is -4.42. The molecule has 0 radical (unpaired) electrons. The van der Waals surface area contributed by atoms with Crippen LogP contribution in [0.4, 0.5) is 4.79 Å². The Morgan fingerprint density at radius 2 is 1.71 bits per heavy atom. The van der Waals surface area contributed by atoms with E-state index in [2.05, 4.69) is 10.3 Å². The van der Waals surface area contributed by atoms with Crippen molar-refractivity contribution in [3.05, 3.63) is 36.0 Å². The number of carbonyl (C=O) groups is 5. The smallest absolute Gasteiger partial charge is 0.409 e. The predicted molar refractivity (Wildman–Crippen MR) is 144 cm³/mol. The SMILES string of the molecule is CCOC(=O)N1CCN(C(=O)C(CC(C)C(=O)O)NC(=O)c2cc(OC3(C(=O)O)CCC3)c3ccccc3n2)CC1. The monoisotopic (exact) mass is 570 g/mol. The first kappa shape index (κ1) is 29.6. The number of carboxylic acid groups (broad SMARTS) is 2. The van der Waals surface area contributed by atoms with Gasteiger partial charge in [0.15, 0.2) is 0 Å². The number of ether oxygens (including phenoxy) is 2. The van der Waals surface area contributed by atoms with Gasteiger partial charge in [0, 0.05) is 37.6 Å². The molecule has 2 unspecified atom stereocenters. The first-order valence-corrected chi connectivity index (χ1v) is 13.6. The van der Waals surface area contributed by atoms with Crippen LogP contribution < -0.4 is 10.1 Å². The van der Waals surface area contributed by atoms with E-state index in [4.69, 9.17) is 9.47 Å². The highest BCUT2D eigenvalue weighted by Gasteiger charge is 2.47.